The van der Waals surface area contributed by atoms with Gasteiger partial charge in [0.15, 0.2) is 0 Å². The second-order valence-corrected chi connectivity index (χ2v) is 16.2. The largest absolute Gasteiger partial charge is 0.463 e. The first-order valence-electron chi connectivity index (χ1n) is 17.5. The molecule has 3 aromatic carbocycles. The summed E-state index contributed by atoms with van der Waals surface area (Å²) >= 11 is 0. The number of benzene rings is 3. The highest BCUT2D eigenvalue weighted by atomic mass is 32.2. The lowest BCUT2D eigenvalue weighted by Crippen LogP contribution is -2.49. The van der Waals surface area contributed by atoms with Crippen LogP contribution in [0.15, 0.2) is 94.6 Å². The van der Waals surface area contributed by atoms with E-state index in [1.807, 2.05) is 50.2 Å². The molecule has 3 aliphatic heterocycles. The number of carbonyl (C=O) groups excluding carboxylic acids is 2. The van der Waals surface area contributed by atoms with Crippen LogP contribution in [0.3, 0.4) is 0 Å². The predicted molar refractivity (Wildman–Crippen MR) is 191 cm³/mol. The van der Waals surface area contributed by atoms with E-state index < -0.39 is 50.8 Å². The molecule has 53 heavy (non-hydrogen) atoms. The molecule has 13 heteroatoms. The number of carbonyl (C=O) groups is 2. The highest BCUT2D eigenvalue weighted by molar-refractivity contribution is 7.89. The Morgan fingerprint density at radius 2 is 1.68 bits per heavy atom. The van der Waals surface area contributed by atoms with Crippen molar-refractivity contribution in [1.29, 1.82) is 5.26 Å². The third-order valence-corrected chi connectivity index (χ3v) is 12.0. The number of hydrogen-bond donors (Lipinski definition) is 0. The van der Waals surface area contributed by atoms with Gasteiger partial charge in [0.2, 0.25) is 16.1 Å². The number of ether oxygens (including phenoxy) is 2. The van der Waals surface area contributed by atoms with Gasteiger partial charge >= 0.3 is 11.9 Å². The number of rotatable bonds is 8. The minimum atomic E-state index is -4.31. The van der Waals surface area contributed by atoms with Crippen molar-refractivity contribution in [2.45, 2.75) is 75.8 Å². The van der Waals surface area contributed by atoms with Gasteiger partial charge in [-0.1, -0.05) is 80.6 Å². The smallest absolute Gasteiger partial charge is 0.352 e. The molecule has 1 fully saturated rings. The standard InChI is InChI=1S/C40H39N3O9S/c1-4-49-38(46)35(31-21-34-40(24-39(2,3)25-50-52-40)18-19-42(34)36(44)32(31)22-41)51-37(45)33-20-28-12-8-9-13-29(28)23-43(33)53(47,48)30-16-14-27(15-17-30)26-10-6-5-7-11-26/h5-17,21,33,35H,4,18-20,23-25H2,1-3H3/t33-,35?,40?/m1/s1. The Balaban J connectivity index is 1.27. The van der Waals surface area contributed by atoms with E-state index >= 15 is 0 Å². The van der Waals surface area contributed by atoms with Crippen molar-refractivity contribution in [3.8, 4) is 17.2 Å². The van der Waals surface area contributed by atoms with E-state index in [0.29, 0.717) is 30.7 Å². The van der Waals surface area contributed by atoms with E-state index in [1.165, 1.54) is 22.8 Å². The second-order valence-electron chi connectivity index (χ2n) is 14.4. The van der Waals surface area contributed by atoms with Crippen LogP contribution >= 0.6 is 0 Å². The molecule has 1 spiro atoms. The fourth-order valence-electron chi connectivity index (χ4n) is 7.61. The van der Waals surface area contributed by atoms with Gasteiger partial charge in [-0.2, -0.15) is 9.57 Å². The monoisotopic (exact) mass is 737 g/mol. The predicted octanol–water partition coefficient (Wildman–Crippen LogP) is 5.33. The van der Waals surface area contributed by atoms with Crippen LogP contribution in [-0.2, 0) is 64.0 Å². The van der Waals surface area contributed by atoms with Gasteiger partial charge in [0.1, 0.15) is 23.3 Å². The highest BCUT2D eigenvalue weighted by Crippen LogP contribution is 2.48. The Kier molecular flexibility index (Phi) is 9.59. The number of nitrogens with zero attached hydrogens (tertiary/aromatic N) is 3. The van der Waals surface area contributed by atoms with Gasteiger partial charge < -0.3 is 14.0 Å². The van der Waals surface area contributed by atoms with Crippen molar-refractivity contribution in [3.63, 3.8) is 0 Å². The molecule has 0 amide bonds. The number of hydrogen-bond acceptors (Lipinski definition) is 10. The lowest BCUT2D eigenvalue weighted by atomic mass is 9.77. The Morgan fingerprint density at radius 1 is 1.00 bits per heavy atom. The number of aromatic nitrogens is 1. The first-order chi connectivity index (χ1) is 25.4. The molecule has 4 heterocycles. The molecule has 0 N–H and O–H groups in total. The van der Waals surface area contributed by atoms with Crippen LogP contribution in [0.25, 0.3) is 11.1 Å². The summed E-state index contributed by atoms with van der Waals surface area (Å²) in [4.78, 5) is 53.2. The summed E-state index contributed by atoms with van der Waals surface area (Å²) in [5, 5.41) is 10.2. The van der Waals surface area contributed by atoms with Crippen LogP contribution in [-0.4, -0.2) is 48.5 Å². The van der Waals surface area contributed by atoms with Crippen molar-refractivity contribution in [3.05, 3.63) is 123 Å². The summed E-state index contributed by atoms with van der Waals surface area (Å²) in [5.41, 5.74) is 0.930. The zero-order chi connectivity index (χ0) is 37.5. The SMILES string of the molecule is CCOC(=O)C(OC(=O)[C@H]1Cc2ccccc2CN1S(=O)(=O)c1ccc(-c2ccccc2)cc1)c1cc2n(c(=O)c1C#N)CCC21CC(C)(C)COO1. The lowest BCUT2D eigenvalue weighted by molar-refractivity contribution is -0.410. The zero-order valence-electron chi connectivity index (χ0n) is 29.6. The lowest BCUT2D eigenvalue weighted by Gasteiger charge is -2.41. The average Bonchev–Trinajstić information content (AvgIpc) is 3.49. The van der Waals surface area contributed by atoms with Crippen LogP contribution in [0.1, 0.15) is 67.7 Å². The molecule has 0 aliphatic carbocycles. The summed E-state index contributed by atoms with van der Waals surface area (Å²) in [5.74, 6) is -2.06. The van der Waals surface area contributed by atoms with E-state index in [1.54, 1.807) is 43.3 Å². The molecular weight excluding hydrogens is 699 g/mol. The average molecular weight is 738 g/mol. The fourth-order valence-corrected chi connectivity index (χ4v) is 9.17. The van der Waals surface area contributed by atoms with Gasteiger partial charge in [0.25, 0.3) is 5.56 Å². The molecule has 1 aromatic heterocycles. The summed E-state index contributed by atoms with van der Waals surface area (Å²) in [7, 11) is -4.31. The van der Waals surface area contributed by atoms with Gasteiger partial charge in [-0.3, -0.25) is 9.59 Å². The number of sulfonamides is 1. The number of fused-ring (bicyclic) bond motifs is 3. The van der Waals surface area contributed by atoms with Crippen LogP contribution in [0.2, 0.25) is 0 Å². The summed E-state index contributed by atoms with van der Waals surface area (Å²) in [6.45, 7) is 5.92. The first kappa shape index (κ1) is 36.2. The van der Waals surface area contributed by atoms with E-state index in [4.69, 9.17) is 19.2 Å². The molecule has 7 rings (SSSR count). The van der Waals surface area contributed by atoms with Crippen molar-refractivity contribution >= 4 is 22.0 Å². The van der Waals surface area contributed by atoms with E-state index in [2.05, 4.69) is 0 Å². The molecule has 2 unspecified atom stereocenters. The number of esters is 2. The van der Waals surface area contributed by atoms with Gasteiger partial charge in [-0.25, -0.2) is 23.0 Å². The molecule has 3 aliphatic rings. The highest BCUT2D eigenvalue weighted by Gasteiger charge is 2.50. The van der Waals surface area contributed by atoms with E-state index in [-0.39, 0.29) is 42.0 Å². The van der Waals surface area contributed by atoms with Crippen molar-refractivity contribution in [2.24, 2.45) is 5.41 Å². The van der Waals surface area contributed by atoms with Crippen molar-refractivity contribution < 1.29 is 37.3 Å². The Labute approximate surface area is 307 Å². The van der Waals surface area contributed by atoms with Crippen LogP contribution in [0.5, 0.6) is 0 Å². The molecule has 0 radical (unpaired) electrons. The Morgan fingerprint density at radius 3 is 2.36 bits per heavy atom. The molecule has 1 saturated heterocycles. The molecule has 4 aromatic rings. The second kappa shape index (κ2) is 14.0. The van der Waals surface area contributed by atoms with Gasteiger partial charge in [-0.05, 0) is 59.2 Å². The van der Waals surface area contributed by atoms with Gasteiger partial charge in [0.05, 0.1) is 23.8 Å². The minimum absolute atomic E-state index is 0.0300. The first-order valence-corrected chi connectivity index (χ1v) is 18.9. The minimum Gasteiger partial charge on any atom is -0.463 e. The topological polar surface area (TPSA) is 154 Å². The summed E-state index contributed by atoms with van der Waals surface area (Å²) in [6, 6.07) is 25.1. The molecule has 274 valence electrons. The third-order valence-electron chi connectivity index (χ3n) is 10.1. The maximum Gasteiger partial charge on any atom is 0.352 e. The maximum absolute atomic E-state index is 14.4. The zero-order valence-corrected chi connectivity index (χ0v) is 30.4. The Bertz CT molecular complexity index is 2280. The van der Waals surface area contributed by atoms with E-state index in [0.717, 1.165) is 21.0 Å². The normalized spacial score (nSPS) is 21.2. The third kappa shape index (κ3) is 6.68. The van der Waals surface area contributed by atoms with Gasteiger partial charge in [-0.15, -0.1) is 0 Å². The van der Waals surface area contributed by atoms with E-state index in [9.17, 15) is 28.1 Å². The maximum atomic E-state index is 14.4. The molecule has 3 atom stereocenters. The molecular formula is C40H39N3O9S. The van der Waals surface area contributed by atoms with Crippen molar-refractivity contribution in [2.75, 3.05) is 13.2 Å². The number of nitriles is 1. The fraction of sp³-hybridized carbons (Fsp3) is 0.350. The van der Waals surface area contributed by atoms with Crippen LogP contribution in [0.4, 0.5) is 0 Å². The summed E-state index contributed by atoms with van der Waals surface area (Å²) in [6.07, 6.45) is -1.05. The Hall–Kier alpha value is -5.13. The number of pyridine rings is 1. The molecule has 12 nitrogen and oxygen atoms in total. The van der Waals surface area contributed by atoms with Crippen molar-refractivity contribution in [1.82, 2.24) is 8.87 Å². The molecule has 0 bridgehead atoms. The van der Waals surface area contributed by atoms with Gasteiger partial charge in [0, 0.05) is 31.5 Å². The van der Waals surface area contributed by atoms with Crippen LogP contribution in [0, 0.1) is 16.7 Å². The summed E-state index contributed by atoms with van der Waals surface area (Å²) < 4.78 is 42.5. The molecule has 0 saturated carbocycles. The quantitative estimate of drug-likeness (QED) is 0.171. The van der Waals surface area contributed by atoms with Crippen LogP contribution < -0.4 is 5.56 Å².